The van der Waals surface area contributed by atoms with E-state index in [1.54, 1.807) is 34.6 Å². The SMILES string of the molecule is COC(=O)[C@H](NC(=O)[C@@H](NC(=O)c1c2nc3c(C(=O)N[C@H](C(=O)N[C@@H](C(=O)OC)C(C)C)[C@@H](C)O)ccc(C)c3oc-2c(C)c(=O)c1N)[C@@H](C)O)C(C)C. The van der Waals surface area contributed by atoms with Gasteiger partial charge < -0.3 is 51.1 Å². The Balaban J connectivity index is 2.16. The zero-order chi connectivity index (χ0) is 40.9. The molecule has 8 N–H and O–H groups in total. The van der Waals surface area contributed by atoms with Crippen LogP contribution >= 0.6 is 0 Å². The Labute approximate surface area is 310 Å². The Bertz CT molecular complexity index is 1970. The van der Waals surface area contributed by atoms with Gasteiger partial charge >= 0.3 is 11.9 Å². The maximum atomic E-state index is 13.9. The number of anilines is 1. The Morgan fingerprint density at radius 2 is 1.20 bits per heavy atom. The number of benzene rings is 2. The van der Waals surface area contributed by atoms with E-state index in [9.17, 15) is 43.8 Å². The van der Waals surface area contributed by atoms with Crippen molar-refractivity contribution in [2.45, 2.75) is 91.8 Å². The second kappa shape index (κ2) is 17.5. The van der Waals surface area contributed by atoms with E-state index in [0.717, 1.165) is 14.2 Å². The highest BCUT2D eigenvalue weighted by atomic mass is 16.5. The molecule has 0 unspecified atom stereocenters. The molecule has 0 saturated heterocycles. The number of fused-ring (bicyclic) bond motifs is 2. The average molecular weight is 757 g/mol. The first kappa shape index (κ1) is 42.8. The summed E-state index contributed by atoms with van der Waals surface area (Å²) in [6.45, 7) is 12.1. The fourth-order valence-corrected chi connectivity index (χ4v) is 5.59. The summed E-state index contributed by atoms with van der Waals surface area (Å²) in [4.78, 5) is 96.7. The van der Waals surface area contributed by atoms with Gasteiger partial charge in [0, 0.05) is 5.56 Å². The zero-order valence-corrected chi connectivity index (χ0v) is 31.8. The quantitative estimate of drug-likeness (QED) is 0.0652. The smallest absolute Gasteiger partial charge is 0.328 e. The van der Waals surface area contributed by atoms with Gasteiger partial charge in [-0.05, 0) is 51.2 Å². The first-order valence-corrected chi connectivity index (χ1v) is 17.1. The molecule has 6 atom stereocenters. The molecule has 0 bridgehead atoms. The van der Waals surface area contributed by atoms with Crippen LogP contribution in [0, 0.1) is 25.7 Å². The number of aromatic nitrogens is 1. The van der Waals surface area contributed by atoms with E-state index in [-0.39, 0.29) is 33.7 Å². The number of nitrogen functional groups attached to an aromatic ring is 1. The first-order valence-electron chi connectivity index (χ1n) is 17.1. The highest BCUT2D eigenvalue weighted by Gasteiger charge is 2.36. The monoisotopic (exact) mass is 756 g/mol. The number of esters is 2. The van der Waals surface area contributed by atoms with Gasteiger partial charge in [-0.3, -0.25) is 24.0 Å². The maximum absolute atomic E-state index is 13.9. The summed E-state index contributed by atoms with van der Waals surface area (Å²) in [6.07, 6.45) is -2.95. The number of carbonyl (C=O) groups is 6. The molecule has 0 saturated carbocycles. The Hall–Kier alpha value is -5.62. The van der Waals surface area contributed by atoms with Crippen molar-refractivity contribution in [1.29, 1.82) is 0 Å². The number of hydrogen-bond acceptors (Lipinski definition) is 14. The first-order chi connectivity index (χ1) is 25.2. The third kappa shape index (κ3) is 8.94. The number of rotatable bonds is 14. The van der Waals surface area contributed by atoms with Gasteiger partial charge in [0.25, 0.3) is 11.8 Å². The van der Waals surface area contributed by atoms with Crippen LogP contribution in [-0.4, -0.2) is 101 Å². The van der Waals surface area contributed by atoms with Crippen LogP contribution in [0.1, 0.15) is 73.4 Å². The van der Waals surface area contributed by atoms with Crippen molar-refractivity contribution in [3.05, 3.63) is 44.6 Å². The van der Waals surface area contributed by atoms with Crippen LogP contribution in [0.4, 0.5) is 5.69 Å². The van der Waals surface area contributed by atoms with E-state index in [1.165, 1.54) is 32.9 Å². The van der Waals surface area contributed by atoms with Crippen molar-refractivity contribution in [2.75, 3.05) is 20.0 Å². The molecule has 1 aliphatic carbocycles. The molecular weight excluding hydrogens is 708 g/mol. The van der Waals surface area contributed by atoms with Crippen molar-refractivity contribution in [3.8, 4) is 11.5 Å². The second-order valence-electron chi connectivity index (χ2n) is 13.6. The molecule has 18 nitrogen and oxygen atoms in total. The summed E-state index contributed by atoms with van der Waals surface area (Å²) in [7, 11) is 2.29. The lowest BCUT2D eigenvalue weighted by atomic mass is 9.98. The molecule has 2 aliphatic rings. The average Bonchev–Trinajstić information content (AvgIpc) is 3.11. The van der Waals surface area contributed by atoms with Crippen LogP contribution in [0.2, 0.25) is 0 Å². The number of amides is 4. The molecule has 0 spiro atoms. The molecule has 1 aromatic carbocycles. The number of carbonyl (C=O) groups excluding carboxylic acids is 6. The topological polar surface area (TPSA) is 279 Å². The standard InChI is InChI=1S/C36H48N6O12/c1-13(2)22(35(50)52-9)39-33(48)24(17(7)43)41-31(46)19-12-11-15(5)29-26(19)38-27-20(21(37)28(45)16(6)30(27)54-29)32(47)42-25(18(8)44)34(49)40-23(14(3)4)36(51)53-10/h11-14,17-18,22-25,43-44H,37H2,1-10H3,(H,39,48)(H,40,49)(H,41,46)(H,42,47)/t17-,18-,22-,23-,24+,25+/m1/s1. The predicted octanol–water partition coefficient (Wildman–Crippen LogP) is 0.0778. The Morgan fingerprint density at radius 3 is 1.63 bits per heavy atom. The lowest BCUT2D eigenvalue weighted by Crippen LogP contribution is -2.57. The van der Waals surface area contributed by atoms with Crippen LogP contribution in [0.3, 0.4) is 0 Å². The largest absolute Gasteiger partial charge is 0.467 e. The van der Waals surface area contributed by atoms with Crippen molar-refractivity contribution in [1.82, 2.24) is 26.3 Å². The number of hydrogen-bond donors (Lipinski definition) is 7. The van der Waals surface area contributed by atoms with Gasteiger partial charge in [-0.15, -0.1) is 0 Å². The number of methoxy groups -OCH3 is 2. The zero-order valence-electron chi connectivity index (χ0n) is 31.8. The van der Waals surface area contributed by atoms with Gasteiger partial charge in [-0.25, -0.2) is 14.6 Å². The lowest BCUT2D eigenvalue weighted by Gasteiger charge is -2.26. The van der Waals surface area contributed by atoms with E-state index in [4.69, 9.17) is 19.6 Å². The summed E-state index contributed by atoms with van der Waals surface area (Å²) in [5, 5.41) is 30.8. The summed E-state index contributed by atoms with van der Waals surface area (Å²) < 4.78 is 15.6. The van der Waals surface area contributed by atoms with E-state index < -0.39 is 100 Å². The number of aryl methyl sites for hydroxylation is 1. The Kier molecular flexibility index (Phi) is 13.8. The van der Waals surface area contributed by atoms with E-state index in [1.807, 2.05) is 0 Å². The minimum absolute atomic E-state index is 0.0264. The predicted molar refractivity (Wildman–Crippen MR) is 194 cm³/mol. The molecule has 1 aromatic rings. The van der Waals surface area contributed by atoms with Crippen LogP contribution < -0.4 is 32.4 Å². The number of aliphatic hydroxyl groups excluding tert-OH is 2. The number of nitrogens with one attached hydrogen (secondary N) is 4. The molecule has 4 amide bonds. The fourth-order valence-electron chi connectivity index (χ4n) is 5.59. The third-order valence-electron chi connectivity index (χ3n) is 8.82. The van der Waals surface area contributed by atoms with Gasteiger partial charge in [0.05, 0.1) is 43.2 Å². The van der Waals surface area contributed by atoms with Crippen molar-refractivity contribution in [3.63, 3.8) is 0 Å². The van der Waals surface area contributed by atoms with Crippen molar-refractivity contribution < 1.29 is 52.9 Å². The van der Waals surface area contributed by atoms with Gasteiger partial charge in [0.2, 0.25) is 17.2 Å². The van der Waals surface area contributed by atoms with E-state index in [2.05, 4.69) is 26.3 Å². The molecule has 294 valence electrons. The number of ether oxygens (including phenoxy) is 2. The van der Waals surface area contributed by atoms with E-state index >= 15 is 0 Å². The van der Waals surface area contributed by atoms with Crippen molar-refractivity contribution in [2.24, 2.45) is 11.8 Å². The molecule has 18 heteroatoms. The molecule has 3 rings (SSSR count). The van der Waals surface area contributed by atoms with Crippen LogP contribution in [-0.2, 0) is 28.7 Å². The summed E-state index contributed by atoms with van der Waals surface area (Å²) in [5.74, 6) is -6.33. The molecule has 1 heterocycles. The van der Waals surface area contributed by atoms with E-state index in [0.29, 0.717) is 5.56 Å². The molecule has 54 heavy (non-hydrogen) atoms. The molecule has 1 aliphatic heterocycles. The molecular formula is C36H48N6O12. The minimum atomic E-state index is -1.66. The van der Waals surface area contributed by atoms with Crippen LogP contribution in [0.5, 0.6) is 0 Å². The second-order valence-corrected chi connectivity index (χ2v) is 13.6. The lowest BCUT2D eigenvalue weighted by molar-refractivity contribution is -0.147. The summed E-state index contributed by atoms with van der Waals surface area (Å²) in [6, 6.07) is -2.54. The highest BCUT2D eigenvalue weighted by molar-refractivity contribution is 6.10. The molecule has 0 aromatic heterocycles. The summed E-state index contributed by atoms with van der Waals surface area (Å²) >= 11 is 0. The number of nitrogens with two attached hydrogens (primary N) is 1. The maximum Gasteiger partial charge on any atom is 0.328 e. The Morgan fingerprint density at radius 1 is 0.741 bits per heavy atom. The van der Waals surface area contributed by atoms with Crippen LogP contribution in [0.15, 0.2) is 21.3 Å². The number of nitrogens with zero attached hydrogens (tertiary/aromatic N) is 1. The summed E-state index contributed by atoms with van der Waals surface area (Å²) in [5.41, 5.74) is 4.17. The fraction of sp³-hybridized carbons (Fsp3) is 0.500. The molecule has 0 fully saturated rings. The van der Waals surface area contributed by atoms with Crippen molar-refractivity contribution >= 4 is 52.4 Å². The third-order valence-corrected chi connectivity index (χ3v) is 8.82. The number of aliphatic hydroxyl groups is 2. The molecule has 0 radical (unpaired) electrons. The van der Waals surface area contributed by atoms with Gasteiger partial charge in [0.15, 0.2) is 11.3 Å². The van der Waals surface area contributed by atoms with Gasteiger partial charge in [-0.2, -0.15) is 0 Å². The highest BCUT2D eigenvalue weighted by Crippen LogP contribution is 2.34. The van der Waals surface area contributed by atoms with Crippen LogP contribution in [0.25, 0.3) is 22.6 Å². The normalized spacial score (nSPS) is 14.8. The minimum Gasteiger partial charge on any atom is -0.467 e. The van der Waals surface area contributed by atoms with Gasteiger partial charge in [-0.1, -0.05) is 33.8 Å². The van der Waals surface area contributed by atoms with Gasteiger partial charge in [0.1, 0.15) is 35.4 Å².